The minimum Gasteiger partial charge on any atom is -0.496 e. The first kappa shape index (κ1) is 23.7. The first-order chi connectivity index (χ1) is 13.1. The summed E-state index contributed by atoms with van der Waals surface area (Å²) >= 11 is 0. The Morgan fingerprint density at radius 2 is 1.93 bits per heavy atom. The number of hydrogen-bond acceptors (Lipinski definition) is 3. The number of aliphatic imine (C=N–C) groups is 1. The van der Waals surface area contributed by atoms with Crippen LogP contribution in [0, 0.1) is 5.82 Å². The molecule has 3 N–H and O–H groups in total. The summed E-state index contributed by atoms with van der Waals surface area (Å²) in [4.78, 5) is 16.3. The van der Waals surface area contributed by atoms with E-state index in [1.807, 2.05) is 31.2 Å². The monoisotopic (exact) mass is 500 g/mol. The summed E-state index contributed by atoms with van der Waals surface area (Å²) in [5, 5.41) is 8.90. The number of halogens is 2. The molecule has 152 valence electrons. The van der Waals surface area contributed by atoms with E-state index in [0.29, 0.717) is 24.7 Å². The Bertz CT molecular complexity index is 786. The van der Waals surface area contributed by atoms with E-state index < -0.39 is 5.82 Å². The number of ether oxygens (including phenoxy) is 1. The Hall–Kier alpha value is -2.36. The van der Waals surface area contributed by atoms with Crippen molar-refractivity contribution in [3.05, 3.63) is 59.9 Å². The average molecular weight is 500 g/mol. The van der Waals surface area contributed by atoms with E-state index in [1.54, 1.807) is 13.2 Å². The molecular formula is C20H26FIN4O2. The van der Waals surface area contributed by atoms with Crippen LogP contribution in [0.3, 0.4) is 0 Å². The van der Waals surface area contributed by atoms with E-state index in [9.17, 15) is 9.18 Å². The maximum absolute atomic E-state index is 13.2. The number of carbonyl (C=O) groups excluding carboxylic acids is 1. The Kier molecular flexibility index (Phi) is 10.9. The Labute approximate surface area is 182 Å². The van der Waals surface area contributed by atoms with Crippen LogP contribution < -0.4 is 20.7 Å². The van der Waals surface area contributed by atoms with Gasteiger partial charge < -0.3 is 20.7 Å². The lowest BCUT2D eigenvalue weighted by molar-refractivity contribution is -0.114. The summed E-state index contributed by atoms with van der Waals surface area (Å²) < 4.78 is 18.5. The number of carbonyl (C=O) groups is 1. The molecule has 0 saturated carbocycles. The third-order valence-electron chi connectivity index (χ3n) is 3.71. The second-order valence-electron chi connectivity index (χ2n) is 5.74. The third kappa shape index (κ3) is 8.12. The van der Waals surface area contributed by atoms with Crippen LogP contribution in [0.25, 0.3) is 0 Å². The van der Waals surface area contributed by atoms with Crippen molar-refractivity contribution in [3.63, 3.8) is 0 Å². The van der Waals surface area contributed by atoms with E-state index in [4.69, 9.17) is 4.74 Å². The highest BCUT2D eigenvalue weighted by molar-refractivity contribution is 14.0. The molecule has 0 heterocycles. The lowest BCUT2D eigenvalue weighted by atomic mass is 10.1. The minimum absolute atomic E-state index is 0. The summed E-state index contributed by atoms with van der Waals surface area (Å²) in [5.74, 6) is 0.669. The number of methoxy groups -OCH3 is 1. The zero-order chi connectivity index (χ0) is 19.5. The van der Waals surface area contributed by atoms with Crippen molar-refractivity contribution < 1.29 is 13.9 Å². The molecular weight excluding hydrogens is 474 g/mol. The molecule has 0 aromatic heterocycles. The second kappa shape index (κ2) is 12.9. The lowest BCUT2D eigenvalue weighted by Crippen LogP contribution is -2.39. The number of hydrogen-bond donors (Lipinski definition) is 3. The smallest absolute Gasteiger partial charge is 0.246 e. The predicted octanol–water partition coefficient (Wildman–Crippen LogP) is 3.19. The summed E-state index contributed by atoms with van der Waals surface area (Å²) in [6.07, 6.45) is 0.754. The molecule has 2 aromatic rings. The summed E-state index contributed by atoms with van der Waals surface area (Å²) in [5.41, 5.74) is 1.50. The van der Waals surface area contributed by atoms with Gasteiger partial charge in [-0.1, -0.05) is 24.3 Å². The molecule has 0 atom stereocenters. The number of nitrogens with zero attached hydrogens (tertiary/aromatic N) is 1. The van der Waals surface area contributed by atoms with E-state index in [1.165, 1.54) is 18.2 Å². The molecule has 0 aliphatic carbocycles. The fourth-order valence-electron chi connectivity index (χ4n) is 2.48. The van der Waals surface area contributed by atoms with Crippen LogP contribution in [0.15, 0.2) is 53.5 Å². The van der Waals surface area contributed by atoms with Gasteiger partial charge in [0.25, 0.3) is 0 Å². The molecule has 2 aromatic carbocycles. The quantitative estimate of drug-likeness (QED) is 0.296. The van der Waals surface area contributed by atoms with Crippen LogP contribution in [0.4, 0.5) is 10.1 Å². The number of amides is 1. The van der Waals surface area contributed by atoms with Crippen LogP contribution in [0.5, 0.6) is 5.75 Å². The SMILES string of the molecule is CCNC(=NCC(=O)Nc1cccc(F)c1)NCCc1ccccc1OC.I. The first-order valence-corrected chi connectivity index (χ1v) is 8.82. The van der Waals surface area contributed by atoms with Crippen LogP contribution in [0.2, 0.25) is 0 Å². The third-order valence-corrected chi connectivity index (χ3v) is 3.71. The van der Waals surface area contributed by atoms with Gasteiger partial charge in [-0.3, -0.25) is 4.79 Å². The molecule has 1 amide bonds. The molecule has 8 heteroatoms. The minimum atomic E-state index is -0.400. The average Bonchev–Trinajstić information content (AvgIpc) is 2.66. The van der Waals surface area contributed by atoms with E-state index in [-0.39, 0.29) is 36.4 Å². The van der Waals surface area contributed by atoms with Crippen molar-refractivity contribution in [3.8, 4) is 5.75 Å². The van der Waals surface area contributed by atoms with Crippen molar-refractivity contribution in [2.75, 3.05) is 32.1 Å². The fraction of sp³-hybridized carbons (Fsp3) is 0.300. The number of nitrogens with one attached hydrogen (secondary N) is 3. The van der Waals surface area contributed by atoms with Gasteiger partial charge in [0.05, 0.1) is 7.11 Å². The molecule has 0 spiro atoms. The molecule has 0 aliphatic heterocycles. The van der Waals surface area contributed by atoms with Gasteiger partial charge in [-0.05, 0) is 43.2 Å². The second-order valence-corrected chi connectivity index (χ2v) is 5.74. The number of guanidine groups is 1. The Morgan fingerprint density at radius 1 is 1.14 bits per heavy atom. The Balaban J connectivity index is 0.00000392. The van der Waals surface area contributed by atoms with Gasteiger partial charge in [-0.25, -0.2) is 9.38 Å². The molecule has 0 saturated heterocycles. The molecule has 2 rings (SSSR count). The molecule has 0 aliphatic rings. The topological polar surface area (TPSA) is 74.8 Å². The van der Waals surface area contributed by atoms with E-state index >= 15 is 0 Å². The van der Waals surface area contributed by atoms with Crippen molar-refractivity contribution >= 4 is 41.5 Å². The zero-order valence-electron chi connectivity index (χ0n) is 16.0. The van der Waals surface area contributed by atoms with Gasteiger partial charge in [0.2, 0.25) is 5.91 Å². The molecule has 0 unspecified atom stereocenters. The van der Waals surface area contributed by atoms with Gasteiger partial charge in [-0.2, -0.15) is 0 Å². The first-order valence-electron chi connectivity index (χ1n) is 8.82. The van der Waals surface area contributed by atoms with Crippen molar-refractivity contribution in [1.82, 2.24) is 10.6 Å². The molecule has 0 radical (unpaired) electrons. The summed E-state index contributed by atoms with van der Waals surface area (Å²) in [7, 11) is 1.65. The number of rotatable bonds is 8. The highest BCUT2D eigenvalue weighted by Gasteiger charge is 2.05. The Morgan fingerprint density at radius 3 is 2.64 bits per heavy atom. The molecule has 28 heavy (non-hydrogen) atoms. The highest BCUT2D eigenvalue weighted by atomic mass is 127. The van der Waals surface area contributed by atoms with Crippen molar-refractivity contribution in [2.24, 2.45) is 4.99 Å². The molecule has 0 fully saturated rings. The standard InChI is InChI=1S/C20H25FN4O2.HI/c1-3-22-20(23-12-11-15-7-4-5-10-18(15)27-2)24-14-19(26)25-17-9-6-8-16(21)13-17;/h4-10,13H,3,11-12,14H2,1-2H3,(H,25,26)(H2,22,23,24);1H. The van der Waals surface area contributed by atoms with Gasteiger partial charge in [0.15, 0.2) is 5.96 Å². The van der Waals surface area contributed by atoms with E-state index in [2.05, 4.69) is 20.9 Å². The van der Waals surface area contributed by atoms with Crippen LogP contribution >= 0.6 is 24.0 Å². The number of anilines is 1. The van der Waals surface area contributed by atoms with Gasteiger partial charge in [0, 0.05) is 18.8 Å². The van der Waals surface area contributed by atoms with E-state index in [0.717, 1.165) is 17.7 Å². The largest absolute Gasteiger partial charge is 0.496 e. The normalized spacial score (nSPS) is 10.6. The molecule has 6 nitrogen and oxygen atoms in total. The van der Waals surface area contributed by atoms with Gasteiger partial charge >= 0.3 is 0 Å². The van der Waals surface area contributed by atoms with Crippen LogP contribution in [-0.2, 0) is 11.2 Å². The lowest BCUT2D eigenvalue weighted by Gasteiger charge is -2.12. The van der Waals surface area contributed by atoms with Crippen molar-refractivity contribution in [2.45, 2.75) is 13.3 Å². The number of benzene rings is 2. The van der Waals surface area contributed by atoms with Crippen LogP contribution in [-0.4, -0.2) is 38.6 Å². The van der Waals surface area contributed by atoms with Crippen LogP contribution in [0.1, 0.15) is 12.5 Å². The maximum atomic E-state index is 13.2. The van der Waals surface area contributed by atoms with Gasteiger partial charge in [-0.15, -0.1) is 24.0 Å². The summed E-state index contributed by atoms with van der Waals surface area (Å²) in [6.45, 7) is 3.19. The predicted molar refractivity (Wildman–Crippen MR) is 121 cm³/mol. The highest BCUT2D eigenvalue weighted by Crippen LogP contribution is 2.17. The summed E-state index contributed by atoms with van der Waals surface area (Å²) in [6, 6.07) is 13.6. The fourth-order valence-corrected chi connectivity index (χ4v) is 2.48. The number of para-hydroxylation sites is 1. The van der Waals surface area contributed by atoms with Gasteiger partial charge in [0.1, 0.15) is 18.1 Å². The molecule has 0 bridgehead atoms. The maximum Gasteiger partial charge on any atom is 0.246 e. The zero-order valence-corrected chi connectivity index (χ0v) is 18.3. The van der Waals surface area contributed by atoms with Crippen molar-refractivity contribution in [1.29, 1.82) is 0 Å².